The number of carboxylic acid groups (broad SMARTS) is 3. The predicted octanol–water partition coefficient (Wildman–Crippen LogP) is 13.1. The molecule has 0 aromatic carbocycles. The topological polar surface area (TPSA) is 233 Å². The van der Waals surface area contributed by atoms with Gasteiger partial charge in [-0.05, 0) is 177 Å². The highest BCUT2D eigenvalue weighted by Crippen LogP contribution is 2.51. The molecule has 3 unspecified atom stereocenters. The fraction of sp³-hybridized carbons (Fsp3) is 0.950. The van der Waals surface area contributed by atoms with E-state index in [0.717, 1.165) is 135 Å². The molecule has 3 fully saturated rings. The normalized spacial score (nSPS) is 17.7. The van der Waals surface area contributed by atoms with Crippen LogP contribution in [0, 0.1) is 50.2 Å². The van der Waals surface area contributed by atoms with E-state index in [1.165, 1.54) is 89.9 Å². The van der Waals surface area contributed by atoms with Gasteiger partial charge in [-0.15, -0.1) is 0 Å². The number of carbonyl (C=O) groups is 3. The average Bonchev–Trinajstić information content (AvgIpc) is 4.25. The second-order valence-corrected chi connectivity index (χ2v) is 25.8. The number of aliphatic hydroxyl groups excluding tert-OH is 6. The number of rotatable bonds is 45. The molecule has 3 saturated carbocycles. The molecule has 3 atom stereocenters. The third-order valence-electron chi connectivity index (χ3n) is 17.5. The molecule has 12 nitrogen and oxygen atoms in total. The van der Waals surface area contributed by atoms with Crippen molar-refractivity contribution in [2.24, 2.45) is 50.2 Å². The summed E-state index contributed by atoms with van der Waals surface area (Å²) in [7, 11) is 0. The van der Waals surface area contributed by atoms with Crippen molar-refractivity contribution in [3.8, 4) is 0 Å². The van der Waals surface area contributed by atoms with Crippen LogP contribution in [-0.4, -0.2) is 104 Å². The quantitative estimate of drug-likeness (QED) is 0.0259. The van der Waals surface area contributed by atoms with Gasteiger partial charge in [0.15, 0.2) is 0 Å². The average molecular weight is 1030 g/mol. The Bertz CT molecular complexity index is 1370. The van der Waals surface area contributed by atoms with E-state index in [0.29, 0.717) is 49.4 Å². The van der Waals surface area contributed by atoms with Gasteiger partial charge in [-0.2, -0.15) is 0 Å². The summed E-state index contributed by atoms with van der Waals surface area (Å²) in [5.74, 6) is -0.908. The van der Waals surface area contributed by atoms with Gasteiger partial charge in [0.2, 0.25) is 0 Å². The first-order valence-electron chi connectivity index (χ1n) is 29.4. The summed E-state index contributed by atoms with van der Waals surface area (Å²) < 4.78 is 0. The van der Waals surface area contributed by atoms with Gasteiger partial charge in [0, 0.05) is 39.6 Å². The zero-order valence-electron chi connectivity index (χ0n) is 47.2. The molecule has 426 valence electrons. The highest BCUT2D eigenvalue weighted by Gasteiger charge is 2.49. The first kappa shape index (κ1) is 68.2. The summed E-state index contributed by atoms with van der Waals surface area (Å²) in [6.07, 6.45) is 38.4. The number of carboxylic acids is 3. The van der Waals surface area contributed by atoms with Crippen LogP contribution >= 0.6 is 0 Å². The molecule has 12 heteroatoms. The summed E-state index contributed by atoms with van der Waals surface area (Å²) in [5.41, 5.74) is -1.03. The second-order valence-electron chi connectivity index (χ2n) is 25.8. The van der Waals surface area contributed by atoms with Crippen molar-refractivity contribution in [2.75, 3.05) is 39.6 Å². The largest absolute Gasteiger partial charge is 0.481 e. The van der Waals surface area contributed by atoms with Crippen molar-refractivity contribution in [1.29, 1.82) is 0 Å². The fourth-order valence-corrected chi connectivity index (χ4v) is 10.2. The van der Waals surface area contributed by atoms with E-state index >= 15 is 0 Å². The lowest BCUT2D eigenvalue weighted by atomic mass is 9.86. The summed E-state index contributed by atoms with van der Waals surface area (Å²) in [4.78, 5) is 33.2. The molecule has 0 aromatic rings. The maximum atomic E-state index is 11.1. The molecule has 0 spiro atoms. The zero-order valence-corrected chi connectivity index (χ0v) is 47.2. The summed E-state index contributed by atoms with van der Waals surface area (Å²) in [6, 6.07) is 0. The third-order valence-corrected chi connectivity index (χ3v) is 17.5. The Labute approximate surface area is 439 Å². The highest BCUT2D eigenvalue weighted by atomic mass is 16.4. The van der Waals surface area contributed by atoms with E-state index in [9.17, 15) is 45.0 Å². The van der Waals surface area contributed by atoms with E-state index in [-0.39, 0.29) is 30.7 Å². The lowest BCUT2D eigenvalue weighted by Gasteiger charge is -2.21. The number of hydrogen-bond donors (Lipinski definition) is 9. The monoisotopic (exact) mass is 1030 g/mol. The van der Waals surface area contributed by atoms with Crippen LogP contribution in [0.3, 0.4) is 0 Å². The van der Waals surface area contributed by atoms with E-state index in [2.05, 4.69) is 13.8 Å². The molecule has 0 aromatic heterocycles. The summed E-state index contributed by atoms with van der Waals surface area (Å²) in [6.45, 7) is 13.1. The zero-order chi connectivity index (χ0) is 54.2. The Balaban J connectivity index is 0.000000540. The van der Waals surface area contributed by atoms with Crippen molar-refractivity contribution < 1.29 is 60.3 Å². The van der Waals surface area contributed by atoms with Crippen molar-refractivity contribution in [1.82, 2.24) is 0 Å². The van der Waals surface area contributed by atoms with Crippen LogP contribution in [0.25, 0.3) is 0 Å². The molecule has 0 aliphatic heterocycles. The summed E-state index contributed by atoms with van der Waals surface area (Å²) in [5, 5.41) is 83.7. The van der Waals surface area contributed by atoms with Crippen LogP contribution < -0.4 is 0 Å². The number of hydrogen-bond acceptors (Lipinski definition) is 9. The molecule has 72 heavy (non-hydrogen) atoms. The van der Waals surface area contributed by atoms with E-state index in [4.69, 9.17) is 15.3 Å². The lowest BCUT2D eigenvalue weighted by molar-refractivity contribution is -0.148. The van der Waals surface area contributed by atoms with Gasteiger partial charge in [0.05, 0.1) is 16.2 Å². The number of unbranched alkanes of at least 4 members (excludes halogenated alkanes) is 12. The van der Waals surface area contributed by atoms with Crippen LogP contribution in [0.4, 0.5) is 0 Å². The molecule has 3 rings (SSSR count). The standard InChI is InChI=1S/C20H36O5.C20H38O4.C20H40O3/c1-19(2,17(22)23)11-7-3-5-9-16(15-21)10-6-4-8-12-20(13-14-20)18(24)25;1-19(2,18(23)24)11-7-3-5-9-17(15-21)10-6-4-8-12-20(16-22)13-14-20;1-19(2,16-22)11-7-3-5-9-18(15-21)10-6-4-8-12-20(17-23)13-14-20/h16,21H,3-15H2,1-2H3,(H,22,23)(H,24,25);17,21-22H,3-16H2,1-2H3,(H,23,24);18,21-23H,3-17H2,1-2H3. The van der Waals surface area contributed by atoms with Crippen LogP contribution in [0.1, 0.15) is 273 Å². The second kappa shape index (κ2) is 36.2. The van der Waals surface area contributed by atoms with Crippen molar-refractivity contribution in [3.05, 3.63) is 0 Å². The molecule has 9 N–H and O–H groups in total. The maximum absolute atomic E-state index is 11.1. The summed E-state index contributed by atoms with van der Waals surface area (Å²) >= 11 is 0. The molecule has 0 amide bonds. The van der Waals surface area contributed by atoms with Gasteiger partial charge in [-0.3, -0.25) is 14.4 Å². The van der Waals surface area contributed by atoms with E-state index in [1.54, 1.807) is 27.7 Å². The van der Waals surface area contributed by atoms with Crippen molar-refractivity contribution >= 4 is 17.9 Å². The lowest BCUT2D eigenvalue weighted by Crippen LogP contribution is -2.23. The minimum Gasteiger partial charge on any atom is -0.481 e. The Morgan fingerprint density at radius 3 is 0.917 bits per heavy atom. The minimum atomic E-state index is -0.739. The fourth-order valence-electron chi connectivity index (χ4n) is 10.2. The van der Waals surface area contributed by atoms with E-state index < -0.39 is 34.2 Å². The molecule has 0 heterocycles. The Morgan fingerprint density at radius 2 is 0.681 bits per heavy atom. The van der Waals surface area contributed by atoms with Gasteiger partial charge < -0.3 is 46.0 Å². The SMILES string of the molecule is CC(C)(CCCCCC(CO)CCCCCC1(C(=O)O)CC1)C(=O)O.CC(C)(CCCCCC(CO)CCCCCC1(CO)CC1)C(=O)O.CC(C)(CO)CCCCCC(CO)CCCCCC1(CO)CC1. The Morgan fingerprint density at radius 1 is 0.389 bits per heavy atom. The molecule has 0 bridgehead atoms. The smallest absolute Gasteiger partial charge is 0.309 e. The number of aliphatic carboxylic acids is 3. The first-order chi connectivity index (χ1) is 34.1. The van der Waals surface area contributed by atoms with Crippen molar-refractivity contribution in [2.45, 2.75) is 273 Å². The van der Waals surface area contributed by atoms with Gasteiger partial charge in [0.25, 0.3) is 0 Å². The molecule has 0 radical (unpaired) electrons. The van der Waals surface area contributed by atoms with Gasteiger partial charge in [0.1, 0.15) is 0 Å². The van der Waals surface area contributed by atoms with Crippen LogP contribution in [0.2, 0.25) is 0 Å². The first-order valence-corrected chi connectivity index (χ1v) is 29.4. The predicted molar refractivity (Wildman–Crippen MR) is 291 cm³/mol. The molecule has 3 aliphatic carbocycles. The van der Waals surface area contributed by atoms with Crippen LogP contribution in [0.5, 0.6) is 0 Å². The molecular weight excluding hydrogens is 913 g/mol. The van der Waals surface area contributed by atoms with Gasteiger partial charge in [-0.25, -0.2) is 0 Å². The number of aliphatic hydroxyl groups is 6. The minimum absolute atomic E-state index is 0.0594. The molecular formula is C60H114O12. The van der Waals surface area contributed by atoms with Crippen molar-refractivity contribution in [3.63, 3.8) is 0 Å². The molecule has 0 saturated heterocycles. The van der Waals surface area contributed by atoms with Gasteiger partial charge >= 0.3 is 17.9 Å². The van der Waals surface area contributed by atoms with Gasteiger partial charge in [-0.1, -0.05) is 129 Å². The third kappa shape index (κ3) is 30.7. The highest BCUT2D eigenvalue weighted by molar-refractivity contribution is 5.77. The van der Waals surface area contributed by atoms with E-state index in [1.807, 2.05) is 0 Å². The van der Waals surface area contributed by atoms with Crippen LogP contribution in [-0.2, 0) is 14.4 Å². The maximum Gasteiger partial charge on any atom is 0.309 e. The Hall–Kier alpha value is -1.83. The molecule has 3 aliphatic rings. The van der Waals surface area contributed by atoms with Crippen LogP contribution in [0.15, 0.2) is 0 Å². The Kier molecular flexibility index (Phi) is 34.3.